The molecule has 5 nitrogen and oxygen atoms in total. The first-order chi connectivity index (χ1) is 11.3. The van der Waals surface area contributed by atoms with Crippen LogP contribution < -0.4 is 0 Å². The molecule has 0 radical (unpaired) electrons. The highest BCUT2D eigenvalue weighted by Crippen LogP contribution is 2.26. The molecule has 0 saturated heterocycles. The van der Waals surface area contributed by atoms with Gasteiger partial charge in [-0.25, -0.2) is 4.98 Å². The molecule has 4 aromatic rings. The van der Waals surface area contributed by atoms with E-state index in [2.05, 4.69) is 15.2 Å². The van der Waals surface area contributed by atoms with Crippen LogP contribution in [0.5, 0.6) is 0 Å². The van der Waals surface area contributed by atoms with Gasteiger partial charge in [0.05, 0.1) is 5.69 Å². The molecule has 0 bridgehead atoms. The Hall–Kier alpha value is -2.60. The van der Waals surface area contributed by atoms with Crippen molar-refractivity contribution in [1.29, 1.82) is 0 Å². The minimum Gasteiger partial charge on any atom is -0.441 e. The van der Waals surface area contributed by atoms with Crippen LogP contribution in [-0.4, -0.2) is 19.6 Å². The first-order valence-corrected chi connectivity index (χ1v) is 8.24. The molecule has 23 heavy (non-hydrogen) atoms. The maximum Gasteiger partial charge on any atom is 0.226 e. The number of rotatable bonds is 4. The highest BCUT2D eigenvalue weighted by molar-refractivity contribution is 7.98. The van der Waals surface area contributed by atoms with Crippen molar-refractivity contribution in [3.63, 3.8) is 0 Å². The predicted octanol–water partition coefficient (Wildman–Crippen LogP) is 3.99. The van der Waals surface area contributed by atoms with Crippen molar-refractivity contribution in [2.24, 2.45) is 0 Å². The Bertz CT molecular complexity index is 946. The van der Waals surface area contributed by atoms with Crippen molar-refractivity contribution in [3.8, 4) is 11.5 Å². The van der Waals surface area contributed by atoms with E-state index in [1.165, 1.54) is 0 Å². The molecule has 0 aliphatic rings. The molecule has 0 unspecified atom stereocenters. The highest BCUT2D eigenvalue weighted by Gasteiger charge is 2.13. The summed E-state index contributed by atoms with van der Waals surface area (Å²) in [6.45, 7) is 1.94. The second-order valence-corrected chi connectivity index (χ2v) is 6.03. The third kappa shape index (κ3) is 2.73. The lowest BCUT2D eigenvalue weighted by Gasteiger charge is -1.98. The van der Waals surface area contributed by atoms with Crippen molar-refractivity contribution in [3.05, 3.63) is 66.2 Å². The maximum atomic E-state index is 5.79. The lowest BCUT2D eigenvalue weighted by Crippen LogP contribution is -1.89. The van der Waals surface area contributed by atoms with Gasteiger partial charge in [0.1, 0.15) is 5.76 Å². The Kier molecular flexibility index (Phi) is 3.59. The number of benzene rings is 1. The summed E-state index contributed by atoms with van der Waals surface area (Å²) in [4.78, 5) is 4.61. The molecule has 0 fully saturated rings. The minimum absolute atomic E-state index is 0.657. The highest BCUT2D eigenvalue weighted by atomic mass is 32.2. The van der Waals surface area contributed by atoms with Gasteiger partial charge in [0.2, 0.25) is 5.89 Å². The zero-order chi connectivity index (χ0) is 15.6. The molecule has 3 heterocycles. The molecule has 114 valence electrons. The molecule has 0 N–H and O–H groups in total. The lowest BCUT2D eigenvalue weighted by molar-refractivity contribution is 0.540. The molecule has 0 spiro atoms. The second kappa shape index (κ2) is 5.89. The van der Waals surface area contributed by atoms with Gasteiger partial charge in [-0.05, 0) is 31.2 Å². The Morgan fingerprint density at radius 3 is 2.74 bits per heavy atom. The summed E-state index contributed by atoms with van der Waals surface area (Å²) < 4.78 is 7.76. The summed E-state index contributed by atoms with van der Waals surface area (Å²) in [5.41, 5.74) is 2.76. The summed E-state index contributed by atoms with van der Waals surface area (Å²) in [7, 11) is 0. The molecule has 0 amide bonds. The molecule has 0 saturated carbocycles. The molecule has 0 aliphatic heterocycles. The van der Waals surface area contributed by atoms with Crippen molar-refractivity contribution in [1.82, 2.24) is 19.6 Å². The van der Waals surface area contributed by atoms with E-state index in [4.69, 9.17) is 4.42 Å². The van der Waals surface area contributed by atoms with Gasteiger partial charge in [-0.2, -0.15) is 0 Å². The summed E-state index contributed by atoms with van der Waals surface area (Å²) in [6, 6.07) is 15.8. The Morgan fingerprint density at radius 2 is 1.87 bits per heavy atom. The van der Waals surface area contributed by atoms with E-state index in [1.54, 1.807) is 11.8 Å². The van der Waals surface area contributed by atoms with Gasteiger partial charge >= 0.3 is 0 Å². The smallest absolute Gasteiger partial charge is 0.226 e. The molecule has 4 rings (SSSR count). The number of oxazole rings is 1. The minimum atomic E-state index is 0.657. The summed E-state index contributed by atoms with van der Waals surface area (Å²) >= 11 is 1.60. The number of aryl methyl sites for hydroxylation is 1. The third-order valence-corrected chi connectivity index (χ3v) is 4.49. The first kappa shape index (κ1) is 14.0. The molecule has 3 aromatic heterocycles. The first-order valence-electron chi connectivity index (χ1n) is 7.25. The lowest BCUT2D eigenvalue weighted by atomic mass is 10.2. The van der Waals surface area contributed by atoms with Crippen LogP contribution in [0.1, 0.15) is 11.5 Å². The van der Waals surface area contributed by atoms with Gasteiger partial charge in [0, 0.05) is 17.5 Å². The van der Waals surface area contributed by atoms with Crippen LogP contribution in [0.2, 0.25) is 0 Å². The van der Waals surface area contributed by atoms with E-state index in [0.717, 1.165) is 27.8 Å². The van der Waals surface area contributed by atoms with Crippen molar-refractivity contribution < 1.29 is 4.42 Å². The van der Waals surface area contributed by atoms with Gasteiger partial charge in [0.25, 0.3) is 0 Å². The van der Waals surface area contributed by atoms with E-state index < -0.39 is 0 Å². The quantitative estimate of drug-likeness (QED) is 0.532. The second-order valence-electron chi connectivity index (χ2n) is 5.09. The fourth-order valence-electron chi connectivity index (χ4n) is 2.32. The fourth-order valence-corrected chi connectivity index (χ4v) is 3.24. The van der Waals surface area contributed by atoms with Crippen LogP contribution in [0.4, 0.5) is 0 Å². The maximum absolute atomic E-state index is 5.79. The topological polar surface area (TPSA) is 56.2 Å². The molecule has 0 aliphatic carbocycles. The van der Waals surface area contributed by atoms with Crippen LogP contribution >= 0.6 is 11.8 Å². The Balaban J connectivity index is 1.57. The molecule has 6 heteroatoms. The van der Waals surface area contributed by atoms with Crippen molar-refractivity contribution in [2.45, 2.75) is 17.8 Å². The average molecular weight is 322 g/mol. The van der Waals surface area contributed by atoms with E-state index in [-0.39, 0.29) is 0 Å². The van der Waals surface area contributed by atoms with Gasteiger partial charge in [-0.1, -0.05) is 36.0 Å². The van der Waals surface area contributed by atoms with E-state index in [0.29, 0.717) is 11.6 Å². The SMILES string of the molecule is Cc1oc(-c2ccccc2)nc1CSc1nnc2ccccn12. The normalized spacial score (nSPS) is 11.2. The average Bonchev–Trinajstić information content (AvgIpc) is 3.17. The van der Waals surface area contributed by atoms with Gasteiger partial charge in [0.15, 0.2) is 10.8 Å². The van der Waals surface area contributed by atoms with Crippen LogP contribution in [0.15, 0.2) is 64.3 Å². The largest absolute Gasteiger partial charge is 0.441 e. The van der Waals surface area contributed by atoms with Gasteiger partial charge in [-0.3, -0.25) is 4.40 Å². The number of thioether (sulfide) groups is 1. The van der Waals surface area contributed by atoms with Crippen LogP contribution in [0.25, 0.3) is 17.1 Å². The number of hydrogen-bond donors (Lipinski definition) is 0. The molecular formula is C17H14N4OS. The summed E-state index contributed by atoms with van der Waals surface area (Å²) in [5, 5.41) is 9.23. The Labute approximate surface area is 137 Å². The molecule has 1 aromatic carbocycles. The van der Waals surface area contributed by atoms with Crippen molar-refractivity contribution in [2.75, 3.05) is 0 Å². The zero-order valence-corrected chi connectivity index (χ0v) is 13.3. The number of pyridine rings is 1. The van der Waals surface area contributed by atoms with Crippen molar-refractivity contribution >= 4 is 17.4 Å². The van der Waals surface area contributed by atoms with Crippen LogP contribution in [0, 0.1) is 6.92 Å². The number of nitrogens with zero attached hydrogens (tertiary/aromatic N) is 4. The zero-order valence-electron chi connectivity index (χ0n) is 12.5. The third-order valence-electron chi connectivity index (χ3n) is 3.53. The Morgan fingerprint density at radius 1 is 1.04 bits per heavy atom. The number of hydrogen-bond acceptors (Lipinski definition) is 5. The van der Waals surface area contributed by atoms with E-state index >= 15 is 0 Å². The standard InChI is InChI=1S/C17H14N4OS/c1-12-14(18-16(22-12)13-7-3-2-4-8-13)11-23-17-20-19-15-9-5-6-10-21(15)17/h2-10H,11H2,1H3. The van der Waals surface area contributed by atoms with Crippen LogP contribution in [-0.2, 0) is 5.75 Å². The number of aromatic nitrogens is 4. The summed E-state index contributed by atoms with van der Waals surface area (Å²) in [6.07, 6.45) is 1.96. The fraction of sp³-hybridized carbons (Fsp3) is 0.118. The predicted molar refractivity (Wildman–Crippen MR) is 89.2 cm³/mol. The molecule has 0 atom stereocenters. The van der Waals surface area contributed by atoms with E-state index in [9.17, 15) is 0 Å². The monoisotopic (exact) mass is 322 g/mol. The summed E-state index contributed by atoms with van der Waals surface area (Å²) in [5.74, 6) is 2.19. The number of fused-ring (bicyclic) bond motifs is 1. The van der Waals surface area contributed by atoms with Gasteiger partial charge < -0.3 is 4.42 Å². The van der Waals surface area contributed by atoms with Gasteiger partial charge in [-0.15, -0.1) is 10.2 Å². The van der Waals surface area contributed by atoms with E-state index in [1.807, 2.05) is 66.1 Å². The van der Waals surface area contributed by atoms with Crippen LogP contribution in [0.3, 0.4) is 0 Å². The molecular weight excluding hydrogens is 308 g/mol.